The molecule has 1 N–H and O–H groups in total. The fourth-order valence-corrected chi connectivity index (χ4v) is 7.02. The summed E-state index contributed by atoms with van der Waals surface area (Å²) in [4.78, 5) is 30.2. The zero-order valence-corrected chi connectivity index (χ0v) is 29.7. The molecule has 7 nitrogen and oxygen atoms in total. The first kappa shape index (κ1) is 36.0. The molecule has 0 saturated heterocycles. The second-order valence-electron chi connectivity index (χ2n) is 12.5. The Morgan fingerprint density at radius 2 is 1.47 bits per heavy atom. The number of para-hydroxylation sites is 1. The maximum atomic E-state index is 14.7. The van der Waals surface area contributed by atoms with Gasteiger partial charge < -0.3 is 10.2 Å². The quantitative estimate of drug-likeness (QED) is 0.165. The van der Waals surface area contributed by atoms with Crippen molar-refractivity contribution in [3.8, 4) is 0 Å². The smallest absolute Gasteiger partial charge is 0.264 e. The van der Waals surface area contributed by atoms with Crippen LogP contribution < -0.4 is 9.62 Å². The second kappa shape index (κ2) is 15.4. The van der Waals surface area contributed by atoms with Crippen molar-refractivity contribution in [3.63, 3.8) is 0 Å². The van der Waals surface area contributed by atoms with Crippen LogP contribution in [-0.4, -0.2) is 43.3 Å². The van der Waals surface area contributed by atoms with E-state index in [1.54, 1.807) is 54.6 Å². The molecule has 0 bridgehead atoms. The Morgan fingerprint density at radius 1 is 0.830 bits per heavy atom. The summed E-state index contributed by atoms with van der Waals surface area (Å²) in [7, 11) is -4.20. The number of nitrogens with zero attached hydrogens (tertiary/aromatic N) is 2. The van der Waals surface area contributed by atoms with Gasteiger partial charge in [0, 0.05) is 18.5 Å². The molecule has 0 aliphatic rings. The molecule has 0 aliphatic heterocycles. The first-order valence-corrected chi connectivity index (χ1v) is 17.7. The van der Waals surface area contributed by atoms with Gasteiger partial charge in [-0.25, -0.2) is 8.42 Å². The summed E-state index contributed by atoms with van der Waals surface area (Å²) in [5, 5.41) is 3.69. The summed E-state index contributed by atoms with van der Waals surface area (Å²) in [6, 6.07) is 27.1. The van der Waals surface area contributed by atoms with Crippen molar-refractivity contribution >= 4 is 50.7 Å². The van der Waals surface area contributed by atoms with Crippen molar-refractivity contribution < 1.29 is 18.0 Å². The minimum Gasteiger partial charge on any atom is -0.350 e. The summed E-state index contributed by atoms with van der Waals surface area (Å²) < 4.78 is 29.8. The van der Waals surface area contributed by atoms with Crippen LogP contribution in [0.5, 0.6) is 0 Å². The standard InChI is InChI=1S/C37H41Cl2N3O4S/c1-6-29-14-10-11-15-33(29)42(47(45,46)30-19-16-26(2)17-20-30)25-35(43)41(24-28-18-21-31(38)32(39)22-28)34(36(44)40-37(3,4)5)23-27-12-8-7-9-13-27/h7-22,34H,6,23-25H2,1-5H3,(H,40,44). The molecule has 4 aromatic rings. The molecule has 0 spiro atoms. The lowest BCUT2D eigenvalue weighted by Gasteiger charge is -2.35. The molecule has 0 heterocycles. The maximum absolute atomic E-state index is 14.7. The molecule has 2 amide bonds. The lowest BCUT2D eigenvalue weighted by molar-refractivity contribution is -0.140. The topological polar surface area (TPSA) is 86.8 Å². The van der Waals surface area contributed by atoms with E-state index in [0.717, 1.165) is 21.0 Å². The van der Waals surface area contributed by atoms with E-state index in [4.69, 9.17) is 23.2 Å². The Morgan fingerprint density at radius 3 is 2.09 bits per heavy atom. The highest BCUT2D eigenvalue weighted by atomic mass is 35.5. The number of halogens is 2. The predicted octanol–water partition coefficient (Wildman–Crippen LogP) is 7.61. The van der Waals surface area contributed by atoms with Crippen LogP contribution in [0, 0.1) is 6.92 Å². The number of rotatable bonds is 12. The summed E-state index contributed by atoms with van der Waals surface area (Å²) in [6.07, 6.45) is 0.744. The molecule has 47 heavy (non-hydrogen) atoms. The van der Waals surface area contributed by atoms with Gasteiger partial charge in [0.25, 0.3) is 10.0 Å². The molecule has 4 rings (SSSR count). The van der Waals surface area contributed by atoms with Gasteiger partial charge in [-0.1, -0.05) is 102 Å². The molecule has 0 radical (unpaired) electrons. The molecule has 4 aromatic carbocycles. The zero-order valence-electron chi connectivity index (χ0n) is 27.3. The van der Waals surface area contributed by atoms with Crippen molar-refractivity contribution in [1.29, 1.82) is 0 Å². The van der Waals surface area contributed by atoms with E-state index >= 15 is 0 Å². The van der Waals surface area contributed by atoms with Crippen molar-refractivity contribution in [2.75, 3.05) is 10.8 Å². The zero-order chi connectivity index (χ0) is 34.4. The average Bonchev–Trinajstić information content (AvgIpc) is 3.03. The number of nitrogens with one attached hydrogen (secondary N) is 1. The van der Waals surface area contributed by atoms with Crippen LogP contribution in [0.15, 0.2) is 102 Å². The van der Waals surface area contributed by atoms with Crippen molar-refractivity contribution in [1.82, 2.24) is 10.2 Å². The number of carbonyl (C=O) groups is 2. The number of hydrogen-bond acceptors (Lipinski definition) is 4. The lowest BCUT2D eigenvalue weighted by Crippen LogP contribution is -2.56. The van der Waals surface area contributed by atoms with Gasteiger partial charge in [0.05, 0.1) is 20.6 Å². The Labute approximate surface area is 288 Å². The van der Waals surface area contributed by atoms with E-state index in [2.05, 4.69) is 5.32 Å². The first-order valence-electron chi connectivity index (χ1n) is 15.5. The summed E-state index contributed by atoms with van der Waals surface area (Å²) in [5.74, 6) is -0.917. The van der Waals surface area contributed by atoms with Crippen molar-refractivity contribution in [3.05, 3.63) is 129 Å². The molecule has 10 heteroatoms. The highest BCUT2D eigenvalue weighted by molar-refractivity contribution is 7.92. The minimum absolute atomic E-state index is 0.0152. The monoisotopic (exact) mass is 693 g/mol. The van der Waals surface area contributed by atoms with E-state index in [-0.39, 0.29) is 23.8 Å². The Bertz CT molecular complexity index is 1810. The van der Waals surface area contributed by atoms with E-state index in [9.17, 15) is 18.0 Å². The Balaban J connectivity index is 1.86. The van der Waals surface area contributed by atoms with E-state index < -0.39 is 34.1 Å². The summed E-state index contributed by atoms with van der Waals surface area (Å²) >= 11 is 12.6. The van der Waals surface area contributed by atoms with Crippen LogP contribution in [-0.2, 0) is 39.0 Å². The molecule has 248 valence electrons. The largest absolute Gasteiger partial charge is 0.350 e. The fourth-order valence-electron chi connectivity index (χ4n) is 5.25. The van der Waals surface area contributed by atoms with E-state index in [0.29, 0.717) is 27.7 Å². The normalized spacial score (nSPS) is 12.3. The molecule has 1 atom stereocenters. The number of hydrogen-bond donors (Lipinski definition) is 1. The fraction of sp³-hybridized carbons (Fsp3) is 0.297. The number of anilines is 1. The second-order valence-corrected chi connectivity index (χ2v) is 15.2. The number of sulfonamides is 1. The Kier molecular flexibility index (Phi) is 11.8. The molecule has 0 saturated carbocycles. The molecular formula is C37H41Cl2N3O4S. The van der Waals surface area contributed by atoms with Gasteiger partial charge >= 0.3 is 0 Å². The van der Waals surface area contributed by atoms with Gasteiger partial charge in [-0.3, -0.25) is 13.9 Å². The maximum Gasteiger partial charge on any atom is 0.264 e. The molecule has 0 fully saturated rings. The van der Waals surface area contributed by atoms with Crippen LogP contribution in [0.4, 0.5) is 5.69 Å². The SMILES string of the molecule is CCc1ccccc1N(CC(=O)N(Cc1ccc(Cl)c(Cl)c1)C(Cc1ccccc1)C(=O)NC(C)(C)C)S(=O)(=O)c1ccc(C)cc1. The number of benzene rings is 4. The van der Waals surface area contributed by atoms with Gasteiger partial charge in [0.2, 0.25) is 11.8 Å². The van der Waals surface area contributed by atoms with Crippen LogP contribution in [0.1, 0.15) is 49.9 Å². The van der Waals surface area contributed by atoms with Crippen LogP contribution in [0.25, 0.3) is 0 Å². The third kappa shape index (κ3) is 9.37. The van der Waals surface area contributed by atoms with E-state index in [1.807, 2.05) is 77.1 Å². The average molecular weight is 695 g/mol. The van der Waals surface area contributed by atoms with Crippen molar-refractivity contribution in [2.24, 2.45) is 0 Å². The third-order valence-electron chi connectivity index (χ3n) is 7.64. The molecule has 0 aromatic heterocycles. The van der Waals surface area contributed by atoms with Gasteiger partial charge in [-0.15, -0.1) is 0 Å². The third-order valence-corrected chi connectivity index (χ3v) is 10.1. The Hall–Kier alpha value is -3.85. The highest BCUT2D eigenvalue weighted by Gasteiger charge is 2.36. The molecule has 0 aliphatic carbocycles. The minimum atomic E-state index is -4.20. The van der Waals surface area contributed by atoms with Crippen LogP contribution in [0.3, 0.4) is 0 Å². The molecule has 1 unspecified atom stereocenters. The summed E-state index contributed by atoms with van der Waals surface area (Å²) in [6.45, 7) is 8.86. The summed E-state index contributed by atoms with van der Waals surface area (Å²) in [5.41, 5.74) is 2.95. The van der Waals surface area contributed by atoms with Gasteiger partial charge in [0.15, 0.2) is 0 Å². The molecular weight excluding hydrogens is 653 g/mol. The first-order chi connectivity index (χ1) is 22.2. The predicted molar refractivity (Wildman–Crippen MR) is 190 cm³/mol. The number of amides is 2. The van der Waals surface area contributed by atoms with Gasteiger partial charge in [-0.2, -0.15) is 0 Å². The van der Waals surface area contributed by atoms with E-state index in [1.165, 1.54) is 4.90 Å². The van der Waals surface area contributed by atoms with Gasteiger partial charge in [-0.05, 0) is 81.1 Å². The van der Waals surface area contributed by atoms with Crippen LogP contribution >= 0.6 is 23.2 Å². The van der Waals surface area contributed by atoms with Crippen LogP contribution in [0.2, 0.25) is 10.0 Å². The lowest BCUT2D eigenvalue weighted by atomic mass is 10.0. The number of carbonyl (C=O) groups excluding carboxylic acids is 2. The van der Waals surface area contributed by atoms with Crippen molar-refractivity contribution in [2.45, 2.75) is 70.5 Å². The van der Waals surface area contributed by atoms with Gasteiger partial charge in [0.1, 0.15) is 12.6 Å². The number of aryl methyl sites for hydroxylation is 2. The highest BCUT2D eigenvalue weighted by Crippen LogP contribution is 2.29.